The molecule has 4 rings (SSSR count). The molecule has 1 atom stereocenters. The number of halogens is 2. The Balaban J connectivity index is 1.25. The second-order valence-electron chi connectivity index (χ2n) is 11.1. The molecule has 0 bridgehead atoms. The van der Waals surface area contributed by atoms with E-state index in [0.29, 0.717) is 11.5 Å². The third kappa shape index (κ3) is 6.46. The quantitative estimate of drug-likeness (QED) is 0.374. The SMILES string of the molecule is CCCCC1CCC(C(C)CC2CCC(c3ccc(-c4ccc(F)cc4)c(F)c3)CC2)CC1. The van der Waals surface area contributed by atoms with Gasteiger partial charge in [-0.05, 0) is 104 Å². The first-order chi connectivity index (χ1) is 16.0. The van der Waals surface area contributed by atoms with Crippen LogP contribution < -0.4 is 0 Å². The monoisotopic (exact) mass is 452 g/mol. The molecule has 0 spiro atoms. The van der Waals surface area contributed by atoms with Crippen molar-refractivity contribution in [3.63, 3.8) is 0 Å². The van der Waals surface area contributed by atoms with E-state index in [2.05, 4.69) is 19.9 Å². The minimum Gasteiger partial charge on any atom is -0.207 e. The van der Waals surface area contributed by atoms with Gasteiger partial charge >= 0.3 is 0 Å². The van der Waals surface area contributed by atoms with Crippen LogP contribution in [0, 0.1) is 35.3 Å². The zero-order chi connectivity index (χ0) is 23.2. The molecular formula is C31H42F2. The predicted octanol–water partition coefficient (Wildman–Crippen LogP) is 9.93. The molecule has 2 aliphatic carbocycles. The summed E-state index contributed by atoms with van der Waals surface area (Å²) in [7, 11) is 0. The Hall–Kier alpha value is -1.70. The molecule has 2 heteroatoms. The van der Waals surface area contributed by atoms with Crippen LogP contribution in [0.1, 0.15) is 102 Å². The molecule has 2 aliphatic rings. The van der Waals surface area contributed by atoms with E-state index in [1.165, 1.54) is 89.2 Å². The summed E-state index contributed by atoms with van der Waals surface area (Å²) in [5.41, 5.74) is 2.43. The molecule has 180 valence electrons. The van der Waals surface area contributed by atoms with E-state index in [1.807, 2.05) is 6.07 Å². The van der Waals surface area contributed by atoms with Gasteiger partial charge in [0.25, 0.3) is 0 Å². The summed E-state index contributed by atoms with van der Waals surface area (Å²) in [4.78, 5) is 0. The molecule has 0 aromatic heterocycles. The van der Waals surface area contributed by atoms with Gasteiger partial charge in [-0.2, -0.15) is 0 Å². The van der Waals surface area contributed by atoms with Crippen LogP contribution in [-0.4, -0.2) is 0 Å². The summed E-state index contributed by atoms with van der Waals surface area (Å²) in [6, 6.07) is 11.8. The Morgan fingerprint density at radius 1 is 0.818 bits per heavy atom. The third-order valence-corrected chi connectivity index (χ3v) is 8.83. The highest BCUT2D eigenvalue weighted by Gasteiger charge is 2.29. The van der Waals surface area contributed by atoms with Crippen molar-refractivity contribution in [2.45, 2.75) is 96.8 Å². The number of hydrogen-bond donors (Lipinski definition) is 0. The number of unbranched alkanes of at least 4 members (excludes halogenated alkanes) is 1. The molecule has 0 radical (unpaired) electrons. The van der Waals surface area contributed by atoms with E-state index < -0.39 is 0 Å². The lowest BCUT2D eigenvalue weighted by Crippen LogP contribution is -2.23. The van der Waals surface area contributed by atoms with Crippen LogP contribution in [0.15, 0.2) is 42.5 Å². The van der Waals surface area contributed by atoms with Gasteiger partial charge in [0.1, 0.15) is 11.6 Å². The highest BCUT2D eigenvalue weighted by Crippen LogP contribution is 2.42. The molecule has 0 heterocycles. The number of hydrogen-bond acceptors (Lipinski definition) is 0. The molecule has 2 aromatic carbocycles. The Kier molecular flexibility index (Phi) is 8.61. The van der Waals surface area contributed by atoms with Crippen molar-refractivity contribution in [2.75, 3.05) is 0 Å². The van der Waals surface area contributed by atoms with Crippen molar-refractivity contribution >= 4 is 0 Å². The normalized spacial score (nSPS) is 26.8. The van der Waals surface area contributed by atoms with Gasteiger partial charge in [0.2, 0.25) is 0 Å². The summed E-state index contributed by atoms with van der Waals surface area (Å²) in [5, 5.41) is 0. The molecule has 2 aromatic rings. The Morgan fingerprint density at radius 2 is 1.48 bits per heavy atom. The second kappa shape index (κ2) is 11.6. The highest BCUT2D eigenvalue weighted by molar-refractivity contribution is 5.64. The topological polar surface area (TPSA) is 0 Å². The minimum absolute atomic E-state index is 0.190. The standard InChI is InChI=1S/C31H42F2/c1-3-4-5-23-6-10-25(11-7-23)22(2)20-24-8-12-26(13-9-24)28-16-19-30(31(33)21-28)27-14-17-29(32)18-15-27/h14-19,21-26H,3-13,20H2,1-2H3. The zero-order valence-electron chi connectivity index (χ0n) is 20.7. The van der Waals surface area contributed by atoms with E-state index in [-0.39, 0.29) is 11.6 Å². The van der Waals surface area contributed by atoms with Crippen LogP contribution in [0.3, 0.4) is 0 Å². The van der Waals surface area contributed by atoms with Gasteiger partial charge in [-0.1, -0.05) is 70.2 Å². The number of benzene rings is 2. The number of rotatable bonds is 8. The highest BCUT2D eigenvalue weighted by atomic mass is 19.1. The molecule has 0 amide bonds. The largest absolute Gasteiger partial charge is 0.207 e. The van der Waals surface area contributed by atoms with Gasteiger partial charge in [-0.25, -0.2) is 8.78 Å². The van der Waals surface area contributed by atoms with E-state index in [9.17, 15) is 8.78 Å². The van der Waals surface area contributed by atoms with Crippen molar-refractivity contribution in [1.29, 1.82) is 0 Å². The van der Waals surface area contributed by atoms with Crippen LogP contribution in [0.5, 0.6) is 0 Å². The van der Waals surface area contributed by atoms with Gasteiger partial charge in [0.05, 0.1) is 0 Å². The molecule has 33 heavy (non-hydrogen) atoms. The van der Waals surface area contributed by atoms with Crippen molar-refractivity contribution < 1.29 is 8.78 Å². The van der Waals surface area contributed by atoms with Crippen LogP contribution in [-0.2, 0) is 0 Å². The van der Waals surface area contributed by atoms with E-state index in [0.717, 1.165) is 34.8 Å². The van der Waals surface area contributed by atoms with Gasteiger partial charge in [-0.15, -0.1) is 0 Å². The summed E-state index contributed by atoms with van der Waals surface area (Å²) < 4.78 is 28.0. The van der Waals surface area contributed by atoms with Crippen LogP contribution in [0.25, 0.3) is 11.1 Å². The fourth-order valence-corrected chi connectivity index (χ4v) is 6.64. The lowest BCUT2D eigenvalue weighted by atomic mass is 9.70. The fraction of sp³-hybridized carbons (Fsp3) is 0.613. The average molecular weight is 453 g/mol. The zero-order valence-corrected chi connectivity index (χ0v) is 20.7. The van der Waals surface area contributed by atoms with Crippen molar-refractivity contribution in [3.8, 4) is 11.1 Å². The predicted molar refractivity (Wildman–Crippen MR) is 135 cm³/mol. The van der Waals surface area contributed by atoms with Crippen LogP contribution in [0.2, 0.25) is 0 Å². The lowest BCUT2D eigenvalue weighted by Gasteiger charge is -2.36. The Bertz CT molecular complexity index is 855. The summed E-state index contributed by atoms with van der Waals surface area (Å²) >= 11 is 0. The van der Waals surface area contributed by atoms with E-state index in [4.69, 9.17) is 0 Å². The average Bonchev–Trinajstić information content (AvgIpc) is 2.84. The summed E-state index contributed by atoms with van der Waals surface area (Å²) in [5.74, 6) is 3.63. The van der Waals surface area contributed by atoms with Gasteiger partial charge in [0, 0.05) is 5.56 Å². The first-order valence-electron chi connectivity index (χ1n) is 13.6. The van der Waals surface area contributed by atoms with Crippen LogP contribution >= 0.6 is 0 Å². The molecule has 0 saturated heterocycles. The van der Waals surface area contributed by atoms with Crippen molar-refractivity contribution in [2.24, 2.45) is 23.7 Å². The van der Waals surface area contributed by atoms with Crippen molar-refractivity contribution in [3.05, 3.63) is 59.7 Å². The van der Waals surface area contributed by atoms with E-state index in [1.54, 1.807) is 18.2 Å². The second-order valence-corrected chi connectivity index (χ2v) is 11.1. The summed E-state index contributed by atoms with van der Waals surface area (Å²) in [6.07, 6.45) is 16.3. The van der Waals surface area contributed by atoms with E-state index >= 15 is 0 Å². The molecular weight excluding hydrogens is 410 g/mol. The summed E-state index contributed by atoms with van der Waals surface area (Å²) in [6.45, 7) is 4.81. The first-order valence-corrected chi connectivity index (χ1v) is 13.6. The third-order valence-electron chi connectivity index (χ3n) is 8.83. The minimum atomic E-state index is -0.290. The maximum atomic E-state index is 14.8. The smallest absolute Gasteiger partial charge is 0.131 e. The molecule has 2 fully saturated rings. The molecule has 2 saturated carbocycles. The first kappa shape index (κ1) is 24.4. The maximum absolute atomic E-state index is 14.8. The molecule has 1 unspecified atom stereocenters. The molecule has 0 N–H and O–H groups in total. The van der Waals surface area contributed by atoms with Crippen molar-refractivity contribution in [1.82, 2.24) is 0 Å². The van der Waals surface area contributed by atoms with Gasteiger partial charge in [-0.3, -0.25) is 0 Å². The van der Waals surface area contributed by atoms with Crippen LogP contribution in [0.4, 0.5) is 8.78 Å². The molecule has 0 nitrogen and oxygen atoms in total. The lowest BCUT2D eigenvalue weighted by molar-refractivity contribution is 0.169. The Morgan fingerprint density at radius 3 is 2.12 bits per heavy atom. The Labute approximate surface area is 200 Å². The van der Waals surface area contributed by atoms with Gasteiger partial charge in [0.15, 0.2) is 0 Å². The fourth-order valence-electron chi connectivity index (χ4n) is 6.64. The molecule has 0 aliphatic heterocycles. The maximum Gasteiger partial charge on any atom is 0.131 e. The van der Waals surface area contributed by atoms with Gasteiger partial charge < -0.3 is 0 Å².